The van der Waals surface area contributed by atoms with Gasteiger partial charge in [-0.2, -0.15) is 5.10 Å². The molecule has 8 nitrogen and oxygen atoms in total. The van der Waals surface area contributed by atoms with Crippen molar-refractivity contribution < 1.29 is 14.5 Å². The van der Waals surface area contributed by atoms with Crippen LogP contribution in [0, 0.1) is 10.1 Å². The van der Waals surface area contributed by atoms with Gasteiger partial charge in [-0.3, -0.25) is 24.4 Å². The summed E-state index contributed by atoms with van der Waals surface area (Å²) in [5.74, 6) is -0.649. The van der Waals surface area contributed by atoms with Crippen molar-refractivity contribution in [3.63, 3.8) is 0 Å². The van der Waals surface area contributed by atoms with E-state index in [0.29, 0.717) is 6.42 Å². The Kier molecular flexibility index (Phi) is 4.78. The third-order valence-corrected chi connectivity index (χ3v) is 2.25. The number of nitro groups is 1. The average Bonchev–Trinajstić information content (AvgIpc) is 2.66. The van der Waals surface area contributed by atoms with E-state index in [0.717, 1.165) is 6.20 Å². The summed E-state index contributed by atoms with van der Waals surface area (Å²) >= 11 is 5.12. The fourth-order valence-electron chi connectivity index (χ4n) is 1.28. The van der Waals surface area contributed by atoms with Gasteiger partial charge < -0.3 is 5.32 Å². The summed E-state index contributed by atoms with van der Waals surface area (Å²) in [4.78, 5) is 32.1. The number of nitrogens with one attached hydrogen (secondary N) is 1. The smallest absolute Gasteiger partial charge is 0.320 e. The van der Waals surface area contributed by atoms with Crippen LogP contribution in [0.4, 0.5) is 5.69 Å². The van der Waals surface area contributed by atoms with Gasteiger partial charge in [-0.05, 0) is 18.0 Å². The molecule has 0 saturated heterocycles. The van der Waals surface area contributed by atoms with Gasteiger partial charge in [0.1, 0.15) is 6.20 Å². The Labute approximate surface area is 107 Å². The molecular weight excluding hydrogens is 264 g/mol. The molecule has 1 aromatic rings. The van der Waals surface area contributed by atoms with Gasteiger partial charge in [0.05, 0.1) is 4.92 Å². The molecule has 1 heterocycles. The molecule has 0 aliphatic rings. The zero-order valence-corrected chi connectivity index (χ0v) is 10.3. The maximum absolute atomic E-state index is 11.6. The molecule has 0 aromatic carbocycles. The summed E-state index contributed by atoms with van der Waals surface area (Å²) in [5, 5.41) is 16.3. The molecule has 1 aromatic heterocycles. The van der Waals surface area contributed by atoms with E-state index in [9.17, 15) is 19.7 Å². The standard InChI is InChI=1S/C9H11ClN4O4/c1-13-5-6(14(17)18)8(12-13)9(16)11-4-2-3-7(10)15/h5H,2-4H2,1H3,(H,11,16). The number of hydrogen-bond donors (Lipinski definition) is 1. The lowest BCUT2D eigenvalue weighted by atomic mass is 10.3. The second-order valence-electron chi connectivity index (χ2n) is 3.51. The lowest BCUT2D eigenvalue weighted by molar-refractivity contribution is -0.385. The molecule has 98 valence electrons. The number of amides is 1. The monoisotopic (exact) mass is 274 g/mol. The Morgan fingerprint density at radius 2 is 2.28 bits per heavy atom. The molecule has 1 rings (SSSR count). The third-order valence-electron chi connectivity index (χ3n) is 2.06. The normalized spacial score (nSPS) is 10.1. The van der Waals surface area contributed by atoms with Gasteiger partial charge in [-0.15, -0.1) is 0 Å². The van der Waals surface area contributed by atoms with E-state index in [1.165, 1.54) is 11.7 Å². The first-order valence-electron chi connectivity index (χ1n) is 5.06. The number of carbonyl (C=O) groups is 2. The van der Waals surface area contributed by atoms with Crippen molar-refractivity contribution in [1.29, 1.82) is 0 Å². The van der Waals surface area contributed by atoms with E-state index in [1.807, 2.05) is 0 Å². The summed E-state index contributed by atoms with van der Waals surface area (Å²) in [6.07, 6.45) is 1.65. The molecular formula is C9H11ClN4O4. The van der Waals surface area contributed by atoms with Crippen LogP contribution in [0.3, 0.4) is 0 Å². The SMILES string of the molecule is Cn1cc([N+](=O)[O-])c(C(=O)NCCCC(=O)Cl)n1. The molecule has 0 aliphatic heterocycles. The molecule has 0 bridgehead atoms. The third kappa shape index (κ3) is 3.81. The van der Waals surface area contributed by atoms with E-state index in [4.69, 9.17) is 11.6 Å². The zero-order chi connectivity index (χ0) is 13.7. The van der Waals surface area contributed by atoms with Gasteiger partial charge in [0.2, 0.25) is 10.9 Å². The number of halogens is 1. The Morgan fingerprint density at radius 1 is 1.61 bits per heavy atom. The number of aryl methyl sites for hydroxylation is 1. The number of rotatable bonds is 6. The van der Waals surface area contributed by atoms with Crippen molar-refractivity contribution in [1.82, 2.24) is 15.1 Å². The Morgan fingerprint density at radius 3 is 2.83 bits per heavy atom. The first-order chi connectivity index (χ1) is 8.41. The van der Waals surface area contributed by atoms with Gasteiger partial charge in [0.25, 0.3) is 5.91 Å². The molecule has 0 spiro atoms. The predicted molar refractivity (Wildman–Crippen MR) is 62.3 cm³/mol. The van der Waals surface area contributed by atoms with Crippen molar-refractivity contribution in [3.05, 3.63) is 22.0 Å². The highest BCUT2D eigenvalue weighted by atomic mass is 35.5. The van der Waals surface area contributed by atoms with Crippen LogP contribution in [0.15, 0.2) is 6.20 Å². The van der Waals surface area contributed by atoms with Crippen LogP contribution < -0.4 is 5.32 Å². The minimum atomic E-state index is -0.676. The van der Waals surface area contributed by atoms with E-state index in [-0.39, 0.29) is 24.3 Å². The zero-order valence-electron chi connectivity index (χ0n) is 9.55. The van der Waals surface area contributed by atoms with E-state index in [1.54, 1.807) is 0 Å². The number of hydrogen-bond acceptors (Lipinski definition) is 5. The summed E-state index contributed by atoms with van der Waals surface area (Å²) < 4.78 is 1.19. The highest BCUT2D eigenvalue weighted by molar-refractivity contribution is 6.63. The van der Waals surface area contributed by atoms with Crippen LogP contribution in [0.5, 0.6) is 0 Å². The first kappa shape index (κ1) is 14.1. The fourth-order valence-corrected chi connectivity index (χ4v) is 1.42. The Hall–Kier alpha value is -1.96. The average molecular weight is 275 g/mol. The predicted octanol–water partition coefficient (Wildman–Crippen LogP) is 0.604. The molecule has 0 saturated carbocycles. The molecule has 0 unspecified atom stereocenters. The summed E-state index contributed by atoms with van der Waals surface area (Å²) in [6, 6.07) is 0. The Bertz CT molecular complexity index is 485. The number of nitrogens with zero attached hydrogens (tertiary/aromatic N) is 3. The van der Waals surface area contributed by atoms with E-state index in [2.05, 4.69) is 10.4 Å². The van der Waals surface area contributed by atoms with Crippen LogP contribution in [-0.4, -0.2) is 32.4 Å². The largest absolute Gasteiger partial charge is 0.350 e. The van der Waals surface area contributed by atoms with Crippen molar-refractivity contribution in [2.45, 2.75) is 12.8 Å². The molecule has 1 amide bonds. The topological polar surface area (TPSA) is 107 Å². The van der Waals surface area contributed by atoms with Gasteiger partial charge >= 0.3 is 5.69 Å². The second-order valence-corrected chi connectivity index (χ2v) is 3.93. The highest BCUT2D eigenvalue weighted by Gasteiger charge is 2.24. The number of aromatic nitrogens is 2. The maximum atomic E-state index is 11.6. The van der Waals surface area contributed by atoms with Crippen LogP contribution >= 0.6 is 11.6 Å². The lowest BCUT2D eigenvalue weighted by Gasteiger charge is -2.00. The minimum absolute atomic E-state index is 0.131. The molecule has 1 N–H and O–H groups in total. The van der Waals surface area contributed by atoms with Crippen molar-refractivity contribution in [2.75, 3.05) is 6.54 Å². The number of carbonyl (C=O) groups excluding carboxylic acids is 2. The van der Waals surface area contributed by atoms with Crippen molar-refractivity contribution in [3.8, 4) is 0 Å². The van der Waals surface area contributed by atoms with Crippen LogP contribution in [0.1, 0.15) is 23.3 Å². The van der Waals surface area contributed by atoms with Gasteiger partial charge in [-0.25, -0.2) is 0 Å². The molecule has 18 heavy (non-hydrogen) atoms. The van der Waals surface area contributed by atoms with Crippen molar-refractivity contribution >= 4 is 28.4 Å². The van der Waals surface area contributed by atoms with E-state index < -0.39 is 16.1 Å². The molecule has 0 fully saturated rings. The summed E-state index contributed by atoms with van der Waals surface area (Å²) in [5.41, 5.74) is -0.608. The van der Waals surface area contributed by atoms with Crippen molar-refractivity contribution in [2.24, 2.45) is 7.05 Å². The maximum Gasteiger partial charge on any atom is 0.320 e. The fraction of sp³-hybridized carbons (Fsp3) is 0.444. The van der Waals surface area contributed by atoms with E-state index >= 15 is 0 Å². The van der Waals surface area contributed by atoms with Crippen LogP contribution in [0.2, 0.25) is 0 Å². The Balaban J connectivity index is 2.61. The van der Waals surface area contributed by atoms with Crippen LogP contribution in [0.25, 0.3) is 0 Å². The molecule has 0 aliphatic carbocycles. The lowest BCUT2D eigenvalue weighted by Crippen LogP contribution is -2.26. The molecule has 0 atom stereocenters. The molecule has 0 radical (unpaired) electrons. The first-order valence-corrected chi connectivity index (χ1v) is 5.44. The van der Waals surface area contributed by atoms with Gasteiger partial charge in [0.15, 0.2) is 0 Å². The summed E-state index contributed by atoms with van der Waals surface area (Å²) in [6.45, 7) is 0.199. The minimum Gasteiger partial charge on any atom is -0.350 e. The van der Waals surface area contributed by atoms with Gasteiger partial charge in [0, 0.05) is 20.0 Å². The molecule has 9 heteroatoms. The van der Waals surface area contributed by atoms with Gasteiger partial charge in [-0.1, -0.05) is 0 Å². The van der Waals surface area contributed by atoms with Crippen LogP contribution in [-0.2, 0) is 11.8 Å². The summed E-state index contributed by atoms with van der Waals surface area (Å²) in [7, 11) is 1.48. The second kappa shape index (κ2) is 6.10. The quantitative estimate of drug-likeness (QED) is 0.354. The highest BCUT2D eigenvalue weighted by Crippen LogP contribution is 2.15.